The van der Waals surface area contributed by atoms with Crippen LogP contribution in [0.3, 0.4) is 0 Å². The largest absolute Gasteiger partial charge is 0.350 e. The second-order valence-corrected chi connectivity index (χ2v) is 9.39. The maximum Gasteiger partial charge on any atom is 0.277 e. The molecule has 2 N–H and O–H groups in total. The van der Waals surface area contributed by atoms with Gasteiger partial charge in [-0.3, -0.25) is 9.63 Å². The number of ether oxygens (including phenoxy) is 2. The van der Waals surface area contributed by atoms with Gasteiger partial charge in [0.1, 0.15) is 24.0 Å². The van der Waals surface area contributed by atoms with Gasteiger partial charge in [0.2, 0.25) is 0 Å². The number of hydrogen-bond acceptors (Lipinski definition) is 7. The smallest absolute Gasteiger partial charge is 0.277 e. The zero-order chi connectivity index (χ0) is 22.2. The van der Waals surface area contributed by atoms with Crippen molar-refractivity contribution in [3.63, 3.8) is 0 Å². The Balaban J connectivity index is 1.57. The molecule has 4 rings (SSSR count). The van der Waals surface area contributed by atoms with Gasteiger partial charge in [0.25, 0.3) is 5.91 Å². The fraction of sp³-hybridized carbons (Fsp3) is 0.300. The molecule has 1 atom stereocenters. The van der Waals surface area contributed by atoms with Gasteiger partial charge >= 0.3 is 0 Å². The van der Waals surface area contributed by atoms with Crippen LogP contribution in [0.1, 0.15) is 24.2 Å². The first-order valence-corrected chi connectivity index (χ1v) is 11.2. The maximum atomic E-state index is 15.2. The predicted molar refractivity (Wildman–Crippen MR) is 120 cm³/mol. The first-order valence-electron chi connectivity index (χ1n) is 9.25. The second-order valence-electron chi connectivity index (χ2n) is 7.25. The number of carbonyl (C=O) groups is 1. The first kappa shape index (κ1) is 22.3. The van der Waals surface area contributed by atoms with Gasteiger partial charge in [-0.15, -0.1) is 11.3 Å². The van der Waals surface area contributed by atoms with Crippen LogP contribution in [-0.4, -0.2) is 36.0 Å². The predicted octanol–water partition coefficient (Wildman–Crippen LogP) is 4.74. The van der Waals surface area contributed by atoms with Crippen LogP contribution in [0.4, 0.5) is 20.2 Å². The quantitative estimate of drug-likeness (QED) is 0.335. The van der Waals surface area contributed by atoms with Crippen molar-refractivity contribution in [1.29, 1.82) is 0 Å². The minimum Gasteiger partial charge on any atom is -0.350 e. The summed E-state index contributed by atoms with van der Waals surface area (Å²) in [7, 11) is 0. The number of amides is 1. The average Bonchev–Trinajstić information content (AvgIpc) is 3.31. The topological polar surface area (TPSA) is 81.7 Å². The number of halogens is 3. The minimum atomic E-state index is -0.754. The van der Waals surface area contributed by atoms with Crippen LogP contribution < -0.4 is 10.8 Å². The highest BCUT2D eigenvalue weighted by Gasteiger charge is 2.33. The number of carbonyl (C=O) groups excluding carboxylic acids is 1. The highest BCUT2D eigenvalue weighted by atomic mass is 127. The van der Waals surface area contributed by atoms with Crippen molar-refractivity contribution in [2.24, 2.45) is 0 Å². The standard InChI is InChI=1S/C20H18F2IN3O4S/c1-20(2)28-7-11(30-20)8-29-26-19(27)12-6-15-18(24-9-31-15)16(22)17(12)25-14-4-3-10(23)5-13(14)21/h3-6,9,11,25H,7-8H2,1-2H3,(H,26,27). The van der Waals surface area contributed by atoms with Crippen LogP contribution in [0.25, 0.3) is 10.2 Å². The molecule has 3 aromatic rings. The summed E-state index contributed by atoms with van der Waals surface area (Å²) >= 11 is 3.16. The highest BCUT2D eigenvalue weighted by Crippen LogP contribution is 2.33. The Morgan fingerprint density at radius 1 is 1.39 bits per heavy atom. The van der Waals surface area contributed by atoms with Gasteiger partial charge in [-0.05, 0) is 60.7 Å². The second kappa shape index (κ2) is 8.90. The SMILES string of the molecule is CC1(C)OCC(CONC(=O)c2cc3scnc3c(F)c2Nc2ccc(I)cc2F)O1. The third-order valence-electron chi connectivity index (χ3n) is 4.50. The lowest BCUT2D eigenvalue weighted by Gasteiger charge is -2.17. The number of rotatable bonds is 6. The van der Waals surface area contributed by atoms with E-state index in [2.05, 4.69) is 15.8 Å². The fourth-order valence-electron chi connectivity index (χ4n) is 3.09. The monoisotopic (exact) mass is 561 g/mol. The molecular formula is C20H18F2IN3O4S. The Hall–Kier alpha value is -1.93. The number of hydrogen-bond donors (Lipinski definition) is 2. The highest BCUT2D eigenvalue weighted by molar-refractivity contribution is 14.1. The normalized spacial score (nSPS) is 17.8. The van der Waals surface area contributed by atoms with Crippen molar-refractivity contribution in [3.8, 4) is 0 Å². The first-order chi connectivity index (χ1) is 14.7. The van der Waals surface area contributed by atoms with E-state index >= 15 is 4.39 Å². The van der Waals surface area contributed by atoms with E-state index in [0.29, 0.717) is 14.9 Å². The molecule has 1 fully saturated rings. The molecule has 2 aromatic carbocycles. The molecule has 1 unspecified atom stereocenters. The summed E-state index contributed by atoms with van der Waals surface area (Å²) in [5.74, 6) is -2.74. The van der Waals surface area contributed by atoms with Crippen LogP contribution in [0, 0.1) is 15.2 Å². The lowest BCUT2D eigenvalue weighted by molar-refractivity contribution is -0.147. The zero-order valence-corrected chi connectivity index (χ0v) is 19.5. The van der Waals surface area contributed by atoms with E-state index in [1.165, 1.54) is 35.0 Å². The van der Waals surface area contributed by atoms with Crippen LogP contribution >= 0.6 is 33.9 Å². The van der Waals surface area contributed by atoms with Crippen molar-refractivity contribution in [2.75, 3.05) is 18.5 Å². The van der Waals surface area contributed by atoms with E-state index in [1.807, 2.05) is 22.6 Å². The molecule has 0 spiro atoms. The van der Waals surface area contributed by atoms with Crippen LogP contribution in [-0.2, 0) is 14.3 Å². The van der Waals surface area contributed by atoms with Gasteiger partial charge in [0.15, 0.2) is 11.6 Å². The molecule has 31 heavy (non-hydrogen) atoms. The Morgan fingerprint density at radius 3 is 2.90 bits per heavy atom. The number of nitrogens with zero attached hydrogens (tertiary/aromatic N) is 1. The molecule has 1 saturated heterocycles. The molecule has 0 aliphatic carbocycles. The number of benzene rings is 2. The van der Waals surface area contributed by atoms with E-state index in [9.17, 15) is 9.18 Å². The van der Waals surface area contributed by atoms with E-state index < -0.39 is 23.3 Å². The molecule has 1 amide bonds. The van der Waals surface area contributed by atoms with E-state index in [0.717, 1.165) is 0 Å². The summed E-state index contributed by atoms with van der Waals surface area (Å²) in [6.07, 6.45) is -0.352. The van der Waals surface area contributed by atoms with Gasteiger partial charge in [-0.1, -0.05) is 0 Å². The van der Waals surface area contributed by atoms with Gasteiger partial charge < -0.3 is 14.8 Å². The van der Waals surface area contributed by atoms with Crippen LogP contribution in [0.2, 0.25) is 0 Å². The number of nitrogens with one attached hydrogen (secondary N) is 2. The molecule has 1 aliphatic rings. The molecule has 2 heterocycles. The van der Waals surface area contributed by atoms with Crippen molar-refractivity contribution >= 4 is 61.4 Å². The lowest BCUT2D eigenvalue weighted by Crippen LogP contribution is -2.31. The molecule has 0 radical (unpaired) electrons. The van der Waals surface area contributed by atoms with Gasteiger partial charge in [0, 0.05) is 3.57 Å². The molecule has 7 nitrogen and oxygen atoms in total. The molecular weight excluding hydrogens is 543 g/mol. The van der Waals surface area contributed by atoms with E-state index in [4.69, 9.17) is 14.3 Å². The number of hydroxylamine groups is 1. The number of anilines is 2. The Bertz CT molecular complexity index is 1140. The third-order valence-corrected chi connectivity index (χ3v) is 5.95. The molecule has 11 heteroatoms. The molecule has 0 saturated carbocycles. The van der Waals surface area contributed by atoms with Crippen molar-refractivity contribution in [3.05, 3.63) is 50.5 Å². The number of thiazole rings is 1. The fourth-order valence-corrected chi connectivity index (χ4v) is 4.25. The summed E-state index contributed by atoms with van der Waals surface area (Å²) in [4.78, 5) is 22.1. The average molecular weight is 561 g/mol. The van der Waals surface area contributed by atoms with Crippen LogP contribution in [0.15, 0.2) is 29.8 Å². The Morgan fingerprint density at radius 2 is 2.19 bits per heavy atom. The van der Waals surface area contributed by atoms with Crippen molar-refractivity contribution < 1.29 is 27.9 Å². The van der Waals surface area contributed by atoms with Crippen molar-refractivity contribution in [2.45, 2.75) is 25.7 Å². The summed E-state index contributed by atoms with van der Waals surface area (Å²) in [5, 5.41) is 2.69. The van der Waals surface area contributed by atoms with Gasteiger partial charge in [0.05, 0.1) is 33.8 Å². The molecule has 164 valence electrons. The summed E-state index contributed by atoms with van der Waals surface area (Å²) in [6.45, 7) is 3.93. The lowest BCUT2D eigenvalue weighted by atomic mass is 10.1. The Kier molecular flexibility index (Phi) is 6.40. The molecule has 1 aliphatic heterocycles. The molecule has 0 bridgehead atoms. The van der Waals surface area contributed by atoms with Gasteiger partial charge in [-0.25, -0.2) is 19.2 Å². The third kappa shape index (κ3) is 4.95. The number of aromatic nitrogens is 1. The summed E-state index contributed by atoms with van der Waals surface area (Å²) < 4.78 is 41.7. The number of fused-ring (bicyclic) bond motifs is 1. The zero-order valence-electron chi connectivity index (χ0n) is 16.5. The summed E-state index contributed by atoms with van der Waals surface area (Å²) in [6, 6.07) is 5.93. The maximum absolute atomic E-state index is 15.2. The van der Waals surface area contributed by atoms with E-state index in [1.54, 1.807) is 19.9 Å². The summed E-state index contributed by atoms with van der Waals surface area (Å²) in [5.41, 5.74) is 3.65. The molecule has 1 aromatic heterocycles. The van der Waals surface area contributed by atoms with Crippen LogP contribution in [0.5, 0.6) is 0 Å². The van der Waals surface area contributed by atoms with Gasteiger partial charge in [-0.2, -0.15) is 0 Å². The Labute approximate surface area is 194 Å². The van der Waals surface area contributed by atoms with Crippen molar-refractivity contribution in [1.82, 2.24) is 10.5 Å². The minimum absolute atomic E-state index is 0.0302. The van der Waals surface area contributed by atoms with E-state index in [-0.39, 0.29) is 35.2 Å².